The molecular weight excluding hydrogens is 226 g/mol. The number of rotatable bonds is 3. The maximum Gasteiger partial charge on any atom is 0.231 e. The molecule has 0 saturated carbocycles. The van der Waals surface area contributed by atoms with E-state index in [0.717, 1.165) is 23.5 Å². The van der Waals surface area contributed by atoms with Gasteiger partial charge in [0.05, 0.1) is 0 Å². The lowest BCUT2D eigenvalue weighted by Crippen LogP contribution is -2.02. The molecule has 3 rings (SSSR count). The number of ether oxygens (including phenoxy) is 2. The summed E-state index contributed by atoms with van der Waals surface area (Å²) in [7, 11) is 0. The van der Waals surface area contributed by atoms with Gasteiger partial charge in [0.15, 0.2) is 11.5 Å². The molecule has 18 heavy (non-hydrogen) atoms. The molecule has 0 aromatic heterocycles. The maximum absolute atomic E-state index is 5.54. The molecule has 2 aromatic rings. The summed E-state index contributed by atoms with van der Waals surface area (Å²) in [5.41, 5.74) is 9.12. The highest BCUT2D eigenvalue weighted by molar-refractivity contribution is 5.67. The first-order valence-electron chi connectivity index (χ1n) is 6.06. The Hall–Kier alpha value is -2.00. The Bertz CT molecular complexity index is 549. The van der Waals surface area contributed by atoms with Gasteiger partial charge in [0.2, 0.25) is 6.79 Å². The number of hydrogen-bond donors (Lipinski definition) is 1. The van der Waals surface area contributed by atoms with E-state index in [4.69, 9.17) is 15.2 Å². The van der Waals surface area contributed by atoms with Gasteiger partial charge in [0.1, 0.15) is 0 Å². The molecule has 0 unspecified atom stereocenters. The summed E-state index contributed by atoms with van der Waals surface area (Å²) in [6.07, 6.45) is 0.918. The SMILES string of the molecule is NCCc1ccc(-c2ccc3c(c2)OCO3)cc1. The first-order valence-corrected chi connectivity index (χ1v) is 6.06. The number of benzene rings is 2. The van der Waals surface area contributed by atoms with Crippen molar-refractivity contribution in [2.45, 2.75) is 6.42 Å². The fourth-order valence-electron chi connectivity index (χ4n) is 2.11. The average Bonchev–Trinajstić information content (AvgIpc) is 2.87. The van der Waals surface area contributed by atoms with E-state index in [0.29, 0.717) is 13.3 Å². The molecule has 0 radical (unpaired) electrons. The predicted octanol–water partition coefficient (Wildman–Crippen LogP) is 2.58. The third-order valence-corrected chi connectivity index (χ3v) is 3.09. The Morgan fingerprint density at radius 2 is 1.61 bits per heavy atom. The second kappa shape index (κ2) is 4.70. The Balaban J connectivity index is 1.90. The summed E-state index contributed by atoms with van der Waals surface area (Å²) in [4.78, 5) is 0. The average molecular weight is 241 g/mol. The monoisotopic (exact) mass is 241 g/mol. The van der Waals surface area contributed by atoms with Gasteiger partial charge in [-0.15, -0.1) is 0 Å². The van der Waals surface area contributed by atoms with Crippen molar-refractivity contribution in [1.82, 2.24) is 0 Å². The lowest BCUT2D eigenvalue weighted by Gasteiger charge is -2.05. The van der Waals surface area contributed by atoms with Gasteiger partial charge < -0.3 is 15.2 Å². The fraction of sp³-hybridized carbons (Fsp3) is 0.200. The molecule has 0 amide bonds. The van der Waals surface area contributed by atoms with Crippen molar-refractivity contribution in [2.75, 3.05) is 13.3 Å². The Kier molecular flexibility index (Phi) is 2.90. The zero-order valence-electron chi connectivity index (χ0n) is 10.1. The first-order chi connectivity index (χ1) is 8.86. The van der Waals surface area contributed by atoms with Crippen molar-refractivity contribution in [3.63, 3.8) is 0 Å². The van der Waals surface area contributed by atoms with E-state index in [9.17, 15) is 0 Å². The van der Waals surface area contributed by atoms with Gasteiger partial charge in [-0.3, -0.25) is 0 Å². The first kappa shape index (κ1) is 11.1. The van der Waals surface area contributed by atoms with Gasteiger partial charge in [0.25, 0.3) is 0 Å². The van der Waals surface area contributed by atoms with Crippen LogP contribution in [0.2, 0.25) is 0 Å². The van der Waals surface area contributed by atoms with Crippen LogP contribution < -0.4 is 15.2 Å². The summed E-state index contributed by atoms with van der Waals surface area (Å²) in [6.45, 7) is 0.998. The largest absolute Gasteiger partial charge is 0.454 e. The molecule has 3 heteroatoms. The van der Waals surface area contributed by atoms with Crippen molar-refractivity contribution >= 4 is 0 Å². The highest BCUT2D eigenvalue weighted by Crippen LogP contribution is 2.35. The standard InChI is InChI=1S/C15H15NO2/c16-8-7-11-1-3-12(4-2-11)13-5-6-14-15(9-13)18-10-17-14/h1-6,9H,7-8,10,16H2. The zero-order chi connectivity index (χ0) is 12.4. The molecule has 0 atom stereocenters. The Morgan fingerprint density at radius 1 is 0.889 bits per heavy atom. The fourth-order valence-corrected chi connectivity index (χ4v) is 2.11. The lowest BCUT2D eigenvalue weighted by atomic mass is 10.0. The second-order valence-electron chi connectivity index (χ2n) is 4.30. The summed E-state index contributed by atoms with van der Waals surface area (Å²) in [6, 6.07) is 14.5. The third kappa shape index (κ3) is 2.05. The minimum Gasteiger partial charge on any atom is -0.454 e. The summed E-state index contributed by atoms with van der Waals surface area (Å²) < 4.78 is 10.7. The van der Waals surface area contributed by atoms with E-state index in [1.54, 1.807) is 0 Å². The summed E-state index contributed by atoms with van der Waals surface area (Å²) in [5.74, 6) is 1.64. The molecule has 0 saturated heterocycles. The Labute approximate surface area is 106 Å². The molecule has 3 nitrogen and oxygen atoms in total. The summed E-state index contributed by atoms with van der Waals surface area (Å²) >= 11 is 0. The highest BCUT2D eigenvalue weighted by atomic mass is 16.7. The molecule has 1 heterocycles. The lowest BCUT2D eigenvalue weighted by molar-refractivity contribution is 0.174. The van der Waals surface area contributed by atoms with E-state index in [1.165, 1.54) is 11.1 Å². The smallest absolute Gasteiger partial charge is 0.231 e. The molecular formula is C15H15NO2. The number of hydrogen-bond acceptors (Lipinski definition) is 3. The van der Waals surface area contributed by atoms with Gasteiger partial charge in [-0.2, -0.15) is 0 Å². The van der Waals surface area contributed by atoms with E-state index >= 15 is 0 Å². The summed E-state index contributed by atoms with van der Waals surface area (Å²) in [5, 5.41) is 0. The van der Waals surface area contributed by atoms with Crippen LogP contribution in [0.25, 0.3) is 11.1 Å². The van der Waals surface area contributed by atoms with E-state index in [2.05, 4.69) is 24.3 Å². The van der Waals surface area contributed by atoms with Crippen LogP contribution in [-0.4, -0.2) is 13.3 Å². The van der Waals surface area contributed by atoms with Crippen molar-refractivity contribution in [2.24, 2.45) is 5.73 Å². The van der Waals surface area contributed by atoms with E-state index in [-0.39, 0.29) is 0 Å². The van der Waals surface area contributed by atoms with Crippen LogP contribution in [0, 0.1) is 0 Å². The molecule has 92 valence electrons. The molecule has 0 aliphatic carbocycles. The minimum atomic E-state index is 0.314. The molecule has 1 aliphatic heterocycles. The van der Waals surface area contributed by atoms with Crippen LogP contribution in [0.5, 0.6) is 11.5 Å². The van der Waals surface area contributed by atoms with Crippen molar-refractivity contribution in [3.8, 4) is 22.6 Å². The van der Waals surface area contributed by atoms with Crippen LogP contribution >= 0.6 is 0 Å². The molecule has 1 aliphatic rings. The highest BCUT2D eigenvalue weighted by Gasteiger charge is 2.13. The van der Waals surface area contributed by atoms with Crippen molar-refractivity contribution in [3.05, 3.63) is 48.0 Å². The van der Waals surface area contributed by atoms with Crippen LogP contribution in [0.3, 0.4) is 0 Å². The zero-order valence-corrected chi connectivity index (χ0v) is 10.1. The topological polar surface area (TPSA) is 44.5 Å². The quantitative estimate of drug-likeness (QED) is 0.898. The van der Waals surface area contributed by atoms with Gasteiger partial charge in [0, 0.05) is 0 Å². The third-order valence-electron chi connectivity index (χ3n) is 3.09. The molecule has 0 fully saturated rings. The van der Waals surface area contributed by atoms with Crippen molar-refractivity contribution < 1.29 is 9.47 Å². The van der Waals surface area contributed by atoms with E-state index < -0.39 is 0 Å². The van der Waals surface area contributed by atoms with Crippen LogP contribution in [-0.2, 0) is 6.42 Å². The Morgan fingerprint density at radius 3 is 2.39 bits per heavy atom. The molecule has 2 aromatic carbocycles. The minimum absolute atomic E-state index is 0.314. The van der Waals surface area contributed by atoms with Gasteiger partial charge >= 0.3 is 0 Å². The van der Waals surface area contributed by atoms with Gasteiger partial charge in [-0.25, -0.2) is 0 Å². The van der Waals surface area contributed by atoms with E-state index in [1.807, 2.05) is 18.2 Å². The van der Waals surface area contributed by atoms with Crippen LogP contribution in [0.1, 0.15) is 5.56 Å². The van der Waals surface area contributed by atoms with Gasteiger partial charge in [-0.1, -0.05) is 30.3 Å². The molecule has 2 N–H and O–H groups in total. The normalized spacial score (nSPS) is 12.7. The van der Waals surface area contributed by atoms with Crippen LogP contribution in [0.4, 0.5) is 0 Å². The second-order valence-corrected chi connectivity index (χ2v) is 4.30. The number of fused-ring (bicyclic) bond motifs is 1. The molecule has 0 spiro atoms. The molecule has 0 bridgehead atoms. The van der Waals surface area contributed by atoms with Crippen molar-refractivity contribution in [1.29, 1.82) is 0 Å². The van der Waals surface area contributed by atoms with Crippen LogP contribution in [0.15, 0.2) is 42.5 Å². The number of nitrogens with two attached hydrogens (primary N) is 1. The predicted molar refractivity (Wildman–Crippen MR) is 70.8 cm³/mol. The van der Waals surface area contributed by atoms with Gasteiger partial charge in [-0.05, 0) is 41.8 Å². The maximum atomic E-state index is 5.54.